The Bertz CT molecular complexity index is 968. The molecule has 1 saturated heterocycles. The van der Waals surface area contributed by atoms with E-state index in [1.807, 2.05) is 35.6 Å². The number of carbonyl (C=O) groups is 3. The summed E-state index contributed by atoms with van der Waals surface area (Å²) in [5.74, 6) is -6.22. The third kappa shape index (κ3) is 4.23. The average molecular weight is 405 g/mol. The number of amides is 4. The van der Waals surface area contributed by atoms with Gasteiger partial charge in [-0.2, -0.15) is 0 Å². The molecule has 3 rings (SSSR count). The van der Waals surface area contributed by atoms with Crippen LogP contribution in [0.4, 0.5) is 23.7 Å². The Balaban J connectivity index is 1.65. The minimum Gasteiger partial charge on any atom is -0.323 e. The number of hydrogen-bond donors (Lipinski definition) is 2. The van der Waals surface area contributed by atoms with E-state index in [1.54, 1.807) is 6.92 Å². The quantitative estimate of drug-likeness (QED) is 0.573. The Morgan fingerprint density at radius 2 is 1.76 bits per heavy atom. The molecule has 2 aromatic rings. The molecule has 9 heteroatoms. The van der Waals surface area contributed by atoms with Crippen LogP contribution in [0.1, 0.15) is 18.9 Å². The maximum Gasteiger partial charge on any atom is 0.325 e. The fourth-order valence-electron chi connectivity index (χ4n) is 3.05. The highest BCUT2D eigenvalue weighted by Crippen LogP contribution is 2.24. The van der Waals surface area contributed by atoms with E-state index in [-0.39, 0.29) is 0 Å². The molecule has 4 amide bonds. The molecule has 1 heterocycles. The summed E-state index contributed by atoms with van der Waals surface area (Å²) >= 11 is 0. The highest BCUT2D eigenvalue weighted by Gasteiger charge is 2.47. The maximum absolute atomic E-state index is 13.7. The lowest BCUT2D eigenvalue weighted by atomic mass is 9.93. The molecule has 2 N–H and O–H groups in total. The molecule has 29 heavy (non-hydrogen) atoms. The number of carbonyl (C=O) groups excluding carboxylic acids is 3. The van der Waals surface area contributed by atoms with Gasteiger partial charge < -0.3 is 10.6 Å². The molecule has 0 bridgehead atoms. The molecule has 1 atom stereocenters. The third-order valence-electron chi connectivity index (χ3n) is 4.71. The van der Waals surface area contributed by atoms with Crippen LogP contribution in [0.2, 0.25) is 0 Å². The van der Waals surface area contributed by atoms with E-state index >= 15 is 0 Å². The molecule has 0 aliphatic carbocycles. The summed E-state index contributed by atoms with van der Waals surface area (Å²) in [6, 6.07) is 10.1. The number of aryl methyl sites for hydroxylation is 1. The van der Waals surface area contributed by atoms with Crippen molar-refractivity contribution >= 4 is 23.5 Å². The first-order valence-corrected chi connectivity index (χ1v) is 8.82. The molecule has 0 spiro atoms. The first-order valence-electron chi connectivity index (χ1n) is 8.82. The van der Waals surface area contributed by atoms with Gasteiger partial charge in [-0.3, -0.25) is 14.5 Å². The van der Waals surface area contributed by atoms with Gasteiger partial charge in [-0.25, -0.2) is 18.0 Å². The number of nitrogens with zero attached hydrogens (tertiary/aromatic N) is 1. The van der Waals surface area contributed by atoms with Gasteiger partial charge in [0.1, 0.15) is 12.1 Å². The Morgan fingerprint density at radius 3 is 2.45 bits per heavy atom. The topological polar surface area (TPSA) is 78.5 Å². The smallest absolute Gasteiger partial charge is 0.323 e. The number of hydrogen-bond acceptors (Lipinski definition) is 3. The van der Waals surface area contributed by atoms with Gasteiger partial charge in [-0.05, 0) is 37.5 Å². The van der Waals surface area contributed by atoms with Crippen LogP contribution in [-0.4, -0.2) is 34.8 Å². The fraction of sp³-hybridized carbons (Fsp3) is 0.250. The second-order valence-electron chi connectivity index (χ2n) is 6.91. The van der Waals surface area contributed by atoms with Gasteiger partial charge in [0.05, 0.1) is 5.69 Å². The molecule has 2 aromatic carbocycles. The zero-order chi connectivity index (χ0) is 21.2. The lowest BCUT2D eigenvalue weighted by Crippen LogP contribution is -2.45. The van der Waals surface area contributed by atoms with Crippen molar-refractivity contribution in [2.24, 2.45) is 0 Å². The number of halogens is 3. The molecule has 152 valence electrons. The largest absolute Gasteiger partial charge is 0.325 e. The van der Waals surface area contributed by atoms with Gasteiger partial charge in [0, 0.05) is 0 Å². The summed E-state index contributed by atoms with van der Waals surface area (Å²) in [4.78, 5) is 37.7. The molecule has 1 aliphatic heterocycles. The van der Waals surface area contributed by atoms with Gasteiger partial charge in [-0.15, -0.1) is 0 Å². The molecular weight excluding hydrogens is 387 g/mol. The number of rotatable bonds is 6. The van der Waals surface area contributed by atoms with Crippen molar-refractivity contribution in [2.75, 3.05) is 11.9 Å². The Morgan fingerprint density at radius 1 is 1.07 bits per heavy atom. The van der Waals surface area contributed by atoms with E-state index in [0.29, 0.717) is 23.8 Å². The van der Waals surface area contributed by atoms with Crippen molar-refractivity contribution in [3.8, 4) is 0 Å². The number of anilines is 1. The van der Waals surface area contributed by atoms with Crippen molar-refractivity contribution in [1.29, 1.82) is 0 Å². The monoisotopic (exact) mass is 405 g/mol. The van der Waals surface area contributed by atoms with Crippen molar-refractivity contribution in [3.05, 3.63) is 65.5 Å². The molecule has 0 radical (unpaired) electrons. The summed E-state index contributed by atoms with van der Waals surface area (Å²) in [6.45, 7) is 0.868. The van der Waals surface area contributed by atoms with Crippen LogP contribution in [0.15, 0.2) is 42.5 Å². The summed E-state index contributed by atoms with van der Waals surface area (Å²) < 4.78 is 39.9. The predicted molar refractivity (Wildman–Crippen MR) is 98.4 cm³/mol. The molecule has 0 saturated carbocycles. The van der Waals surface area contributed by atoms with Crippen LogP contribution in [-0.2, 0) is 16.0 Å². The van der Waals surface area contributed by atoms with Gasteiger partial charge in [0.15, 0.2) is 17.5 Å². The maximum atomic E-state index is 13.7. The number of nitrogens with one attached hydrogen (secondary N) is 2. The van der Waals surface area contributed by atoms with Crippen molar-refractivity contribution in [3.63, 3.8) is 0 Å². The zero-order valence-corrected chi connectivity index (χ0v) is 15.5. The number of imide groups is 1. The number of benzene rings is 2. The molecule has 1 fully saturated rings. The standard InChI is InChI=1S/C20H18F3N3O3/c1-20(10-9-12-5-3-2-4-6-12)18(28)26(19(29)25-20)11-15(27)24-14-8-7-13(21)16(22)17(14)23/h2-8H,9-11H2,1H3,(H,24,27)(H,25,29)/t20-/m0/s1. The van der Waals surface area contributed by atoms with Crippen LogP contribution < -0.4 is 10.6 Å². The van der Waals surface area contributed by atoms with Crippen LogP contribution in [0.5, 0.6) is 0 Å². The SMILES string of the molecule is C[C@@]1(CCc2ccccc2)NC(=O)N(CC(=O)Nc2ccc(F)c(F)c2F)C1=O. The molecule has 1 aliphatic rings. The van der Waals surface area contributed by atoms with Crippen LogP contribution in [0.25, 0.3) is 0 Å². The van der Waals surface area contributed by atoms with Crippen molar-refractivity contribution in [1.82, 2.24) is 10.2 Å². The van der Waals surface area contributed by atoms with E-state index in [2.05, 4.69) is 5.32 Å². The van der Waals surface area contributed by atoms with Crippen LogP contribution >= 0.6 is 0 Å². The van der Waals surface area contributed by atoms with Gasteiger partial charge >= 0.3 is 6.03 Å². The predicted octanol–water partition coefficient (Wildman–Crippen LogP) is 2.99. The van der Waals surface area contributed by atoms with E-state index in [0.717, 1.165) is 11.6 Å². The Labute approximate surface area is 164 Å². The van der Waals surface area contributed by atoms with Gasteiger partial charge in [0.2, 0.25) is 5.91 Å². The molecular formula is C20H18F3N3O3. The average Bonchev–Trinajstić information content (AvgIpc) is 2.91. The second-order valence-corrected chi connectivity index (χ2v) is 6.91. The zero-order valence-electron chi connectivity index (χ0n) is 15.5. The minimum absolute atomic E-state index is 0.317. The van der Waals surface area contributed by atoms with E-state index in [9.17, 15) is 27.6 Å². The van der Waals surface area contributed by atoms with E-state index < -0.39 is 53.1 Å². The molecule has 0 unspecified atom stereocenters. The van der Waals surface area contributed by atoms with Crippen LogP contribution in [0, 0.1) is 17.5 Å². The highest BCUT2D eigenvalue weighted by molar-refractivity contribution is 6.09. The fourth-order valence-corrected chi connectivity index (χ4v) is 3.05. The first kappa shape index (κ1) is 20.4. The number of urea groups is 1. The van der Waals surface area contributed by atoms with Crippen LogP contribution in [0.3, 0.4) is 0 Å². The first-order chi connectivity index (χ1) is 13.7. The van der Waals surface area contributed by atoms with E-state index in [1.165, 1.54) is 0 Å². The Hall–Kier alpha value is -3.36. The van der Waals surface area contributed by atoms with Crippen molar-refractivity contribution in [2.45, 2.75) is 25.3 Å². The van der Waals surface area contributed by atoms with E-state index in [4.69, 9.17) is 0 Å². The molecule has 0 aromatic heterocycles. The normalized spacial score (nSPS) is 18.7. The summed E-state index contributed by atoms with van der Waals surface area (Å²) in [5.41, 5.74) is -0.797. The van der Waals surface area contributed by atoms with Gasteiger partial charge in [-0.1, -0.05) is 30.3 Å². The van der Waals surface area contributed by atoms with Gasteiger partial charge in [0.25, 0.3) is 5.91 Å². The summed E-state index contributed by atoms with van der Waals surface area (Å²) in [7, 11) is 0. The summed E-state index contributed by atoms with van der Waals surface area (Å²) in [6.07, 6.45) is 0.848. The lowest BCUT2D eigenvalue weighted by molar-refractivity contribution is -0.133. The lowest BCUT2D eigenvalue weighted by Gasteiger charge is -2.21. The van der Waals surface area contributed by atoms with Crippen molar-refractivity contribution < 1.29 is 27.6 Å². The Kier molecular flexibility index (Phi) is 5.58. The third-order valence-corrected chi connectivity index (χ3v) is 4.71. The second kappa shape index (κ2) is 7.94. The minimum atomic E-state index is -1.73. The molecule has 6 nitrogen and oxygen atoms in total. The highest BCUT2D eigenvalue weighted by atomic mass is 19.2. The summed E-state index contributed by atoms with van der Waals surface area (Å²) in [5, 5.41) is 4.61.